The van der Waals surface area contributed by atoms with Gasteiger partial charge in [-0.05, 0) is 6.42 Å². The molecule has 192 valence electrons. The third kappa shape index (κ3) is 13.1. The first kappa shape index (κ1) is 29.5. The second-order valence-electron chi connectivity index (χ2n) is 8.51. The van der Waals surface area contributed by atoms with Crippen LogP contribution in [0.25, 0.3) is 0 Å². The number of rotatable bonds is 19. The fourth-order valence-electron chi connectivity index (χ4n) is 3.57. The number of hydrogen-bond donors (Lipinski definition) is 3. The van der Waals surface area contributed by atoms with Gasteiger partial charge in [-0.1, -0.05) is 90.3 Å². The lowest BCUT2D eigenvalue weighted by Crippen LogP contribution is -2.33. The highest BCUT2D eigenvalue weighted by molar-refractivity contribution is 7.56. The van der Waals surface area contributed by atoms with Crippen LogP contribution in [0, 0.1) is 0 Å². The zero-order valence-corrected chi connectivity index (χ0v) is 20.6. The van der Waals surface area contributed by atoms with E-state index in [4.69, 9.17) is 14.4 Å². The molecule has 9 nitrogen and oxygen atoms in total. The van der Waals surface area contributed by atoms with Crippen LogP contribution in [0.2, 0.25) is 0 Å². The van der Waals surface area contributed by atoms with E-state index in [9.17, 15) is 24.7 Å². The van der Waals surface area contributed by atoms with Crippen molar-refractivity contribution in [2.45, 2.75) is 109 Å². The van der Waals surface area contributed by atoms with E-state index in [2.05, 4.69) is 17.7 Å². The highest BCUT2D eigenvalue weighted by Gasteiger charge is 2.41. The van der Waals surface area contributed by atoms with Crippen LogP contribution >= 0.6 is 7.57 Å². The molecule has 33 heavy (non-hydrogen) atoms. The second kappa shape index (κ2) is 16.1. The summed E-state index contributed by atoms with van der Waals surface area (Å²) in [4.78, 5) is 43.7. The number of cyclic esters (lactones) is 1. The molecule has 10 heteroatoms. The van der Waals surface area contributed by atoms with E-state index in [0.29, 0.717) is 6.42 Å². The molecule has 0 aromatic carbocycles. The van der Waals surface area contributed by atoms with Crippen LogP contribution in [-0.2, 0) is 23.6 Å². The normalized spacial score (nSPS) is 18.7. The van der Waals surface area contributed by atoms with Crippen molar-refractivity contribution in [3.63, 3.8) is 0 Å². The fraction of sp³-hybridized carbons (Fsp3) is 0.783. The molecule has 0 aromatic heterocycles. The molecule has 0 amide bonds. The summed E-state index contributed by atoms with van der Waals surface area (Å²) < 4.78 is 14.1. The maximum atomic E-state index is 11.8. The summed E-state index contributed by atoms with van der Waals surface area (Å²) in [5.41, 5.74) is 0. The minimum absolute atomic E-state index is 0.209. The summed E-state index contributed by atoms with van der Waals surface area (Å²) in [6.45, 7) is 1.72. The van der Waals surface area contributed by atoms with E-state index in [-0.39, 0.29) is 6.42 Å². The Balaban J connectivity index is 2.09. The molecule has 0 fully saturated rings. The van der Waals surface area contributed by atoms with Gasteiger partial charge in [0.1, 0.15) is 12.7 Å². The average Bonchev–Trinajstić information content (AvgIpc) is 3.02. The highest BCUT2D eigenvalue weighted by Crippen LogP contribution is 2.38. The van der Waals surface area contributed by atoms with Crippen LogP contribution in [0.5, 0.6) is 0 Å². The molecule has 0 aliphatic carbocycles. The van der Waals surface area contributed by atoms with E-state index < -0.39 is 49.8 Å². The Kier molecular flexibility index (Phi) is 14.4. The molecular weight excluding hydrogens is 451 g/mol. The number of aliphatic hydroxyl groups is 2. The van der Waals surface area contributed by atoms with Crippen molar-refractivity contribution >= 4 is 25.8 Å². The van der Waals surface area contributed by atoms with Crippen molar-refractivity contribution in [3.8, 4) is 0 Å². The lowest BCUT2D eigenvalue weighted by molar-refractivity contribution is -0.200. The van der Waals surface area contributed by atoms with Crippen molar-refractivity contribution in [2.24, 2.45) is 0 Å². The summed E-state index contributed by atoms with van der Waals surface area (Å²) in [7, 11) is -4.35. The van der Waals surface area contributed by atoms with Gasteiger partial charge in [-0.3, -0.25) is 4.79 Å². The van der Waals surface area contributed by atoms with E-state index in [1.54, 1.807) is 0 Å². The third-order valence-corrected chi connectivity index (χ3v) is 5.87. The predicted octanol–water partition coefficient (Wildman–Crippen LogP) is 3.63. The van der Waals surface area contributed by atoms with Crippen molar-refractivity contribution in [1.82, 2.24) is 0 Å². The van der Waals surface area contributed by atoms with Crippen LogP contribution in [0.4, 0.5) is 0 Å². The van der Waals surface area contributed by atoms with Crippen LogP contribution < -0.4 is 4.89 Å². The number of aliphatic hydroxyl groups excluding tert-OH is 2. The fourth-order valence-corrected chi connectivity index (χ4v) is 4.02. The Labute approximate surface area is 197 Å². The molecule has 0 aromatic rings. The smallest absolute Gasteiger partial charge is 0.378 e. The van der Waals surface area contributed by atoms with Gasteiger partial charge in [-0.25, -0.2) is 4.79 Å². The summed E-state index contributed by atoms with van der Waals surface area (Å²) in [5, 5.41) is 19.9. The zero-order valence-electron chi connectivity index (χ0n) is 19.7. The highest BCUT2D eigenvalue weighted by atomic mass is 31.2. The average molecular weight is 492 g/mol. The molecule has 1 aliphatic heterocycles. The molecule has 1 heterocycles. The summed E-state index contributed by atoms with van der Waals surface area (Å²) in [6.07, 6.45) is 15.5. The summed E-state index contributed by atoms with van der Waals surface area (Å²) in [5.74, 6) is -3.46. The molecule has 3 atom stereocenters. The Hall–Kier alpha value is -1.54. The molecule has 0 bridgehead atoms. The Bertz CT molecular complexity index is 671. The largest absolute Gasteiger partial charge is 0.779 e. The van der Waals surface area contributed by atoms with E-state index in [1.165, 1.54) is 57.8 Å². The molecule has 3 N–H and O–H groups in total. The van der Waals surface area contributed by atoms with E-state index in [0.717, 1.165) is 19.3 Å². The molecule has 3 unspecified atom stereocenters. The van der Waals surface area contributed by atoms with Gasteiger partial charge in [0.15, 0.2) is 11.9 Å². The van der Waals surface area contributed by atoms with Crippen molar-refractivity contribution in [2.75, 3.05) is 6.61 Å². The first-order valence-electron chi connectivity index (χ1n) is 12.0. The number of carbonyl (C=O) groups is 2. The molecular formula is C23H40O9P-. The number of ether oxygens (including phenoxy) is 2. The molecule has 0 saturated heterocycles. The van der Waals surface area contributed by atoms with Crippen molar-refractivity contribution < 1.29 is 43.6 Å². The Morgan fingerprint density at radius 2 is 1.55 bits per heavy atom. The quantitative estimate of drug-likeness (QED) is 0.140. The number of carbonyl (C=O) groups excluding carboxylic acids is 2. The van der Waals surface area contributed by atoms with E-state index in [1.807, 2.05) is 0 Å². The topological polar surface area (TPSA) is 146 Å². The monoisotopic (exact) mass is 491 g/mol. The first-order valence-corrected chi connectivity index (χ1v) is 13.8. The van der Waals surface area contributed by atoms with Gasteiger partial charge < -0.3 is 34.0 Å². The predicted molar refractivity (Wildman–Crippen MR) is 124 cm³/mol. The third-order valence-electron chi connectivity index (χ3n) is 5.40. The standard InChI is InChI=1S/C23H40O9P/c1-3-4-5-6-7-8-9-10-11-12-13-14-15-16-19(25)30-17-18(24)21-20(26)22(23(27)31-21)32-33(2,28)29/h18,21,24H,2-17H2,1H3,(H2-,26,27,28,29)/q-1. The van der Waals surface area contributed by atoms with Gasteiger partial charge in [0.25, 0.3) is 5.76 Å². The number of esters is 2. The minimum atomic E-state index is -4.35. The zero-order chi connectivity index (χ0) is 24.7. The summed E-state index contributed by atoms with van der Waals surface area (Å²) in [6, 6.07) is 0. The minimum Gasteiger partial charge on any atom is -0.779 e. The van der Waals surface area contributed by atoms with Crippen LogP contribution in [0.15, 0.2) is 11.5 Å². The number of hydrogen-bond acceptors (Lipinski definition) is 9. The van der Waals surface area contributed by atoms with Gasteiger partial charge in [0.05, 0.1) is 7.57 Å². The summed E-state index contributed by atoms with van der Waals surface area (Å²) >= 11 is 0. The molecule has 0 saturated carbocycles. The lowest BCUT2D eigenvalue weighted by Gasteiger charge is -2.22. The van der Waals surface area contributed by atoms with Gasteiger partial charge in [-0.15, -0.1) is 0 Å². The van der Waals surface area contributed by atoms with Crippen molar-refractivity contribution in [3.05, 3.63) is 11.5 Å². The second-order valence-corrected chi connectivity index (χ2v) is 9.97. The lowest BCUT2D eigenvalue weighted by atomic mass is 10.0. The molecule has 1 aliphatic rings. The maximum absolute atomic E-state index is 11.8. The molecule has 0 radical (unpaired) electrons. The van der Waals surface area contributed by atoms with Gasteiger partial charge in [0.2, 0.25) is 0 Å². The van der Waals surface area contributed by atoms with Crippen LogP contribution in [0.1, 0.15) is 96.8 Å². The Morgan fingerprint density at radius 3 is 2.03 bits per heavy atom. The van der Waals surface area contributed by atoms with Gasteiger partial charge in [-0.2, -0.15) is 0 Å². The van der Waals surface area contributed by atoms with Crippen LogP contribution in [-0.4, -0.2) is 52.2 Å². The van der Waals surface area contributed by atoms with Crippen LogP contribution in [0.3, 0.4) is 0 Å². The SMILES string of the molecule is C=P([O-])(O)OC1=C(O)C(C(O)COC(=O)CCCCCCCCCCCCCCC)OC1=O. The van der Waals surface area contributed by atoms with E-state index >= 15 is 0 Å². The first-order chi connectivity index (χ1) is 15.7. The molecule has 1 rings (SSSR count). The Morgan fingerprint density at radius 1 is 1.06 bits per heavy atom. The van der Waals surface area contributed by atoms with Crippen molar-refractivity contribution in [1.29, 1.82) is 0 Å². The van der Waals surface area contributed by atoms with Gasteiger partial charge >= 0.3 is 11.9 Å². The molecule has 0 spiro atoms. The van der Waals surface area contributed by atoms with Gasteiger partial charge in [0, 0.05) is 6.42 Å². The maximum Gasteiger partial charge on any atom is 0.378 e. The number of unbranched alkanes of at least 4 members (excludes halogenated alkanes) is 12.